The Morgan fingerprint density at radius 3 is 2.50 bits per heavy atom. The standard InChI is InChI=1S/C28H38O6/c1-15-24(31)34-21-13-26(15,3)33-14-17(21)19-8-7-18-16-12-23(30)28(32)10-5-6-22(29)27(28,4)20(16)9-11-25(18,19)2/h5-6,16-21,23,30,32H,1,7-14H2,2-4H3/t16-,17-,18-,19+,20-,21+,23+,25-,26+,27-,28-/m0/s1. The third kappa shape index (κ3) is 2.63. The maximum absolute atomic E-state index is 13.2. The highest BCUT2D eigenvalue weighted by molar-refractivity contribution is 5.97. The SMILES string of the molecule is C=C1C(=O)O[C@@H]2C[C@@]1(C)OC[C@H]2[C@H]1CC[C@H]2[C@@H]3C[C@@H](O)[C@@]4(O)CC=CC(=O)[C@]4(C)[C@H]3CC[C@]12C. The second-order valence-electron chi connectivity index (χ2n) is 12.8. The fraction of sp³-hybridized carbons (Fsp3) is 0.786. The average molecular weight is 471 g/mol. The quantitative estimate of drug-likeness (QED) is 0.451. The number of carbonyl (C=O) groups excluding carboxylic acids is 2. The number of hydrogen-bond donors (Lipinski definition) is 2. The third-order valence-electron chi connectivity index (χ3n) is 11.7. The van der Waals surface area contributed by atoms with Crippen molar-refractivity contribution in [1.82, 2.24) is 0 Å². The van der Waals surface area contributed by atoms with E-state index in [9.17, 15) is 19.8 Å². The number of allylic oxidation sites excluding steroid dienone is 1. The fourth-order valence-electron chi connectivity index (χ4n) is 9.58. The van der Waals surface area contributed by atoms with Crippen LogP contribution in [0.25, 0.3) is 0 Å². The van der Waals surface area contributed by atoms with E-state index in [0.717, 1.165) is 25.7 Å². The summed E-state index contributed by atoms with van der Waals surface area (Å²) in [4.78, 5) is 25.7. The molecule has 2 saturated heterocycles. The van der Waals surface area contributed by atoms with Gasteiger partial charge in [0.05, 0.1) is 23.7 Å². The summed E-state index contributed by atoms with van der Waals surface area (Å²) in [5.41, 5.74) is -2.51. The van der Waals surface area contributed by atoms with Gasteiger partial charge in [-0.15, -0.1) is 0 Å². The van der Waals surface area contributed by atoms with Crippen molar-refractivity contribution in [1.29, 1.82) is 0 Å². The molecule has 0 spiro atoms. The summed E-state index contributed by atoms with van der Waals surface area (Å²) < 4.78 is 12.2. The van der Waals surface area contributed by atoms with E-state index in [1.165, 1.54) is 0 Å². The smallest absolute Gasteiger partial charge is 0.336 e. The number of esters is 1. The van der Waals surface area contributed by atoms with Crippen LogP contribution >= 0.6 is 0 Å². The molecule has 0 unspecified atom stereocenters. The minimum absolute atomic E-state index is 0.0306. The summed E-state index contributed by atoms with van der Waals surface area (Å²) in [6.45, 7) is 10.7. The molecule has 0 radical (unpaired) electrons. The molecule has 2 bridgehead atoms. The van der Waals surface area contributed by atoms with Crippen LogP contribution in [-0.2, 0) is 19.1 Å². The van der Waals surface area contributed by atoms with Gasteiger partial charge in [0, 0.05) is 12.3 Å². The van der Waals surface area contributed by atoms with Crippen molar-refractivity contribution in [3.63, 3.8) is 0 Å². The molecule has 6 nitrogen and oxygen atoms in total. The molecule has 0 aromatic rings. The van der Waals surface area contributed by atoms with Crippen LogP contribution < -0.4 is 0 Å². The lowest BCUT2D eigenvalue weighted by Gasteiger charge is -2.63. The van der Waals surface area contributed by atoms with Gasteiger partial charge in [0.15, 0.2) is 5.78 Å². The van der Waals surface area contributed by atoms with Crippen molar-refractivity contribution in [3.05, 3.63) is 24.3 Å². The number of hydrogen-bond acceptors (Lipinski definition) is 6. The first kappa shape index (κ1) is 22.9. The van der Waals surface area contributed by atoms with Gasteiger partial charge in [-0.25, -0.2) is 4.79 Å². The zero-order valence-corrected chi connectivity index (χ0v) is 20.6. The van der Waals surface area contributed by atoms with Crippen molar-refractivity contribution in [2.24, 2.45) is 40.4 Å². The molecule has 6 rings (SSSR count). The summed E-state index contributed by atoms with van der Waals surface area (Å²) in [6, 6.07) is 0. The Morgan fingerprint density at radius 2 is 1.76 bits per heavy atom. The van der Waals surface area contributed by atoms with E-state index in [-0.39, 0.29) is 41.0 Å². The van der Waals surface area contributed by atoms with E-state index >= 15 is 0 Å². The van der Waals surface area contributed by atoms with Gasteiger partial charge < -0.3 is 19.7 Å². The van der Waals surface area contributed by atoms with Crippen molar-refractivity contribution in [2.75, 3.05) is 6.61 Å². The number of carbonyl (C=O) groups is 2. The molecule has 6 heteroatoms. The summed E-state index contributed by atoms with van der Waals surface area (Å²) >= 11 is 0. The van der Waals surface area contributed by atoms with Crippen LogP contribution in [0.3, 0.4) is 0 Å². The molecule has 2 heterocycles. The van der Waals surface area contributed by atoms with Crippen LogP contribution in [0, 0.1) is 40.4 Å². The zero-order chi connectivity index (χ0) is 24.3. The van der Waals surface area contributed by atoms with Crippen LogP contribution in [0.4, 0.5) is 0 Å². The first-order chi connectivity index (χ1) is 16.0. The second kappa shape index (κ2) is 7.04. The van der Waals surface area contributed by atoms with Crippen molar-refractivity contribution in [2.45, 2.75) is 89.1 Å². The number of ether oxygens (including phenoxy) is 2. The predicted molar refractivity (Wildman–Crippen MR) is 124 cm³/mol. The Kier molecular flexibility index (Phi) is 4.75. The molecule has 11 atom stereocenters. The minimum Gasteiger partial charge on any atom is -0.458 e. The molecule has 2 aliphatic heterocycles. The number of ketones is 1. The van der Waals surface area contributed by atoms with E-state index in [2.05, 4.69) is 13.5 Å². The summed E-state index contributed by atoms with van der Waals surface area (Å²) in [7, 11) is 0. The van der Waals surface area contributed by atoms with Crippen LogP contribution in [0.5, 0.6) is 0 Å². The monoisotopic (exact) mass is 470 g/mol. The molecular formula is C28H38O6. The topological polar surface area (TPSA) is 93.1 Å². The lowest BCUT2D eigenvalue weighted by Crippen LogP contribution is -2.69. The molecule has 5 fully saturated rings. The van der Waals surface area contributed by atoms with Gasteiger partial charge in [0.1, 0.15) is 17.3 Å². The van der Waals surface area contributed by atoms with Crippen molar-refractivity contribution < 1.29 is 29.3 Å². The van der Waals surface area contributed by atoms with E-state index in [4.69, 9.17) is 9.47 Å². The Labute approximate surface area is 201 Å². The van der Waals surface area contributed by atoms with Gasteiger partial charge in [-0.1, -0.05) is 19.6 Å². The second-order valence-corrected chi connectivity index (χ2v) is 12.8. The van der Waals surface area contributed by atoms with Crippen LogP contribution in [0.15, 0.2) is 24.3 Å². The molecule has 6 aliphatic rings. The average Bonchev–Trinajstić information content (AvgIpc) is 3.13. The highest BCUT2D eigenvalue weighted by atomic mass is 16.6. The van der Waals surface area contributed by atoms with Gasteiger partial charge in [-0.3, -0.25) is 4.79 Å². The number of fused-ring (bicyclic) bond motifs is 7. The predicted octanol–water partition coefficient (Wildman–Crippen LogP) is 3.35. The van der Waals surface area contributed by atoms with Gasteiger partial charge in [0.25, 0.3) is 0 Å². The molecule has 3 saturated carbocycles. The summed E-state index contributed by atoms with van der Waals surface area (Å²) in [5, 5.41) is 22.7. The number of aliphatic hydroxyl groups is 2. The summed E-state index contributed by atoms with van der Waals surface area (Å²) in [5.74, 6) is 0.769. The Bertz CT molecular complexity index is 987. The van der Waals surface area contributed by atoms with Gasteiger partial charge in [0.2, 0.25) is 0 Å². The van der Waals surface area contributed by atoms with E-state index in [1.807, 2.05) is 13.8 Å². The maximum atomic E-state index is 13.2. The number of rotatable bonds is 1. The maximum Gasteiger partial charge on any atom is 0.336 e. The first-order valence-corrected chi connectivity index (χ1v) is 13.1. The molecule has 4 aliphatic carbocycles. The van der Waals surface area contributed by atoms with E-state index < -0.39 is 22.7 Å². The molecule has 2 N–H and O–H groups in total. The van der Waals surface area contributed by atoms with E-state index in [1.54, 1.807) is 12.2 Å². The lowest BCUT2D eigenvalue weighted by molar-refractivity contribution is -0.234. The van der Waals surface area contributed by atoms with Crippen LogP contribution in [-0.4, -0.2) is 52.0 Å². The Morgan fingerprint density at radius 1 is 1.06 bits per heavy atom. The largest absolute Gasteiger partial charge is 0.458 e. The molecule has 0 aromatic carbocycles. The first-order valence-electron chi connectivity index (χ1n) is 13.1. The highest BCUT2D eigenvalue weighted by Crippen LogP contribution is 2.68. The summed E-state index contributed by atoms with van der Waals surface area (Å²) in [6.07, 6.45) is 7.75. The molecular weight excluding hydrogens is 432 g/mol. The van der Waals surface area contributed by atoms with Gasteiger partial charge in [-0.05, 0) is 87.5 Å². The van der Waals surface area contributed by atoms with Crippen LogP contribution in [0.1, 0.15) is 65.7 Å². The normalized spacial score (nSPS) is 56.4. The Balaban J connectivity index is 1.30. The fourth-order valence-corrected chi connectivity index (χ4v) is 9.58. The molecule has 0 aromatic heterocycles. The van der Waals surface area contributed by atoms with Gasteiger partial charge >= 0.3 is 5.97 Å². The van der Waals surface area contributed by atoms with Crippen LogP contribution in [0.2, 0.25) is 0 Å². The molecule has 34 heavy (non-hydrogen) atoms. The van der Waals surface area contributed by atoms with Crippen molar-refractivity contribution in [3.8, 4) is 0 Å². The minimum atomic E-state index is -1.38. The molecule has 0 amide bonds. The van der Waals surface area contributed by atoms with E-state index in [0.29, 0.717) is 43.3 Å². The number of aliphatic hydroxyl groups excluding tert-OH is 1. The van der Waals surface area contributed by atoms with Gasteiger partial charge in [-0.2, -0.15) is 0 Å². The van der Waals surface area contributed by atoms with Crippen molar-refractivity contribution >= 4 is 11.8 Å². The Hall–Kier alpha value is -1.50. The third-order valence-corrected chi connectivity index (χ3v) is 11.7. The lowest BCUT2D eigenvalue weighted by atomic mass is 9.42. The zero-order valence-electron chi connectivity index (χ0n) is 20.6. The molecule has 186 valence electrons. The highest BCUT2D eigenvalue weighted by Gasteiger charge is 2.69.